The fourth-order valence-corrected chi connectivity index (χ4v) is 9.47. The highest BCUT2D eigenvalue weighted by atomic mass is 32.2. The molecule has 0 bridgehead atoms. The lowest BCUT2D eigenvalue weighted by Gasteiger charge is -2.26. The molecule has 1 heterocycles. The number of benzene rings is 5. The van der Waals surface area contributed by atoms with E-state index < -0.39 is 18.9 Å². The van der Waals surface area contributed by atoms with Crippen LogP contribution in [0.25, 0.3) is 21.7 Å². The van der Waals surface area contributed by atoms with E-state index in [-0.39, 0.29) is 6.04 Å². The fourth-order valence-electron chi connectivity index (χ4n) is 5.66. The van der Waals surface area contributed by atoms with Gasteiger partial charge < -0.3 is 4.57 Å². The minimum absolute atomic E-state index is 0.240. The summed E-state index contributed by atoms with van der Waals surface area (Å²) in [4.78, 5) is 0. The third-order valence-electron chi connectivity index (χ3n) is 7.68. The highest BCUT2D eigenvalue weighted by Gasteiger charge is 2.31. The van der Waals surface area contributed by atoms with Crippen molar-refractivity contribution in [3.63, 3.8) is 0 Å². The molecule has 0 unspecified atom stereocenters. The SMILES string of the molecule is CCCC[S@](=O)N[C@@H](c1ccc2ccccc2c1)c1c(P(c2ccccc2)c2ccccc2)n(C)c2ccccc12. The Morgan fingerprint density at radius 1 is 0.756 bits per heavy atom. The summed E-state index contributed by atoms with van der Waals surface area (Å²) < 4.78 is 19.6. The predicted octanol–water partition coefficient (Wildman–Crippen LogP) is 7.23. The molecule has 0 radical (unpaired) electrons. The van der Waals surface area contributed by atoms with Crippen LogP contribution in [-0.2, 0) is 18.0 Å². The third-order valence-corrected chi connectivity index (χ3v) is 11.4. The predicted molar refractivity (Wildman–Crippen MR) is 178 cm³/mol. The lowest BCUT2D eigenvalue weighted by Crippen LogP contribution is -2.33. The van der Waals surface area contributed by atoms with Crippen LogP contribution in [0.1, 0.15) is 36.9 Å². The molecular weight excluding hydrogens is 539 g/mol. The first-order chi connectivity index (χ1) is 20.2. The zero-order valence-corrected chi connectivity index (χ0v) is 25.2. The minimum Gasteiger partial charge on any atom is -0.343 e. The maximum absolute atomic E-state index is 13.6. The normalized spacial score (nSPS) is 13.1. The number of unbranched alkanes of at least 4 members (excludes halogenated alkanes) is 1. The molecule has 41 heavy (non-hydrogen) atoms. The van der Waals surface area contributed by atoms with Crippen molar-refractivity contribution in [1.29, 1.82) is 0 Å². The van der Waals surface area contributed by atoms with E-state index in [2.05, 4.69) is 151 Å². The molecule has 0 amide bonds. The van der Waals surface area contributed by atoms with Crippen molar-refractivity contribution in [2.24, 2.45) is 7.05 Å². The van der Waals surface area contributed by atoms with Gasteiger partial charge in [-0.25, -0.2) is 8.93 Å². The number of para-hydroxylation sites is 1. The van der Waals surface area contributed by atoms with Crippen LogP contribution in [0.3, 0.4) is 0 Å². The van der Waals surface area contributed by atoms with E-state index in [0.29, 0.717) is 5.75 Å². The van der Waals surface area contributed by atoms with Gasteiger partial charge in [0.15, 0.2) is 0 Å². The molecule has 206 valence electrons. The molecular formula is C36H35N2OPS. The molecule has 3 nitrogen and oxygen atoms in total. The molecule has 1 aromatic heterocycles. The molecule has 1 N–H and O–H groups in total. The van der Waals surface area contributed by atoms with E-state index in [9.17, 15) is 4.21 Å². The van der Waals surface area contributed by atoms with Crippen LogP contribution in [-0.4, -0.2) is 14.5 Å². The molecule has 5 heteroatoms. The summed E-state index contributed by atoms with van der Waals surface area (Å²) in [5, 5.41) is 6.18. The van der Waals surface area contributed by atoms with Crippen LogP contribution < -0.4 is 20.8 Å². The van der Waals surface area contributed by atoms with E-state index in [1.54, 1.807) is 0 Å². The standard InChI is InChI=1S/C36H35N2OPS/c1-3-4-25-41(39)37-35(29-24-23-27-15-11-12-16-28(27)26-29)34-32-21-13-14-22-33(32)38(2)36(34)40(30-17-7-5-8-18-30)31-19-9-6-10-20-31/h5-24,26,35,37H,3-4,25H2,1-2H3/t35-,41-/m0/s1. The number of aryl methyl sites for hydroxylation is 1. The molecule has 6 aromatic rings. The lowest BCUT2D eigenvalue weighted by atomic mass is 9.96. The average Bonchev–Trinajstić information content (AvgIpc) is 3.31. The van der Waals surface area contributed by atoms with Gasteiger partial charge in [-0.1, -0.05) is 129 Å². The van der Waals surface area contributed by atoms with Crippen LogP contribution in [0.4, 0.5) is 0 Å². The number of hydrogen-bond donors (Lipinski definition) is 1. The summed E-state index contributed by atoms with van der Waals surface area (Å²) >= 11 is 0. The number of nitrogens with zero attached hydrogens (tertiary/aromatic N) is 1. The summed E-state index contributed by atoms with van der Waals surface area (Å²) in [7, 11) is 0.104. The van der Waals surface area contributed by atoms with Gasteiger partial charge >= 0.3 is 0 Å². The van der Waals surface area contributed by atoms with Gasteiger partial charge in [0.2, 0.25) is 0 Å². The van der Waals surface area contributed by atoms with Gasteiger partial charge in [0, 0.05) is 37.2 Å². The van der Waals surface area contributed by atoms with Gasteiger partial charge in [-0.3, -0.25) is 0 Å². The van der Waals surface area contributed by atoms with Gasteiger partial charge in [-0.05, 0) is 45.5 Å². The number of nitrogens with one attached hydrogen (secondary N) is 1. The van der Waals surface area contributed by atoms with Crippen LogP contribution in [0.5, 0.6) is 0 Å². The number of rotatable bonds is 10. The zero-order valence-electron chi connectivity index (χ0n) is 23.5. The van der Waals surface area contributed by atoms with Crippen molar-refractivity contribution in [3.8, 4) is 0 Å². The van der Waals surface area contributed by atoms with E-state index in [1.807, 2.05) is 0 Å². The first kappa shape index (κ1) is 27.6. The molecule has 0 fully saturated rings. The fraction of sp³-hybridized carbons (Fsp3) is 0.167. The van der Waals surface area contributed by atoms with Crippen LogP contribution in [0, 0.1) is 0 Å². The Labute approximate surface area is 246 Å². The zero-order chi connectivity index (χ0) is 28.2. The average molecular weight is 575 g/mol. The summed E-state index contributed by atoms with van der Waals surface area (Å²) in [6.07, 6.45) is 1.94. The molecule has 0 saturated carbocycles. The topological polar surface area (TPSA) is 34.0 Å². The second-order valence-electron chi connectivity index (χ2n) is 10.4. The maximum atomic E-state index is 13.6. The molecule has 0 aliphatic rings. The molecule has 0 aliphatic heterocycles. The summed E-state index contributed by atoms with van der Waals surface area (Å²) in [5.41, 5.74) is 4.80. The Hall–Kier alpha value is -3.56. The molecule has 0 saturated heterocycles. The largest absolute Gasteiger partial charge is 0.343 e. The molecule has 5 aromatic carbocycles. The van der Waals surface area contributed by atoms with Gasteiger partial charge in [0.25, 0.3) is 0 Å². The van der Waals surface area contributed by atoms with E-state index in [1.165, 1.54) is 43.3 Å². The minimum atomic E-state index is -1.18. The van der Waals surface area contributed by atoms with E-state index in [0.717, 1.165) is 18.4 Å². The molecule has 2 atom stereocenters. The van der Waals surface area contributed by atoms with Gasteiger partial charge in [-0.2, -0.15) is 0 Å². The molecule has 0 aliphatic carbocycles. The van der Waals surface area contributed by atoms with Crippen molar-refractivity contribution < 1.29 is 4.21 Å². The first-order valence-corrected chi connectivity index (χ1v) is 16.9. The van der Waals surface area contributed by atoms with Crippen LogP contribution in [0.2, 0.25) is 0 Å². The van der Waals surface area contributed by atoms with E-state index in [4.69, 9.17) is 0 Å². The quantitative estimate of drug-likeness (QED) is 0.172. The summed E-state index contributed by atoms with van der Waals surface area (Å²) in [6.45, 7) is 2.15. The van der Waals surface area contributed by atoms with Crippen molar-refractivity contribution in [2.45, 2.75) is 25.8 Å². The Morgan fingerprint density at radius 2 is 1.37 bits per heavy atom. The smallest absolute Gasteiger partial charge is 0.0924 e. The van der Waals surface area contributed by atoms with Gasteiger partial charge in [-0.15, -0.1) is 0 Å². The van der Waals surface area contributed by atoms with Crippen molar-refractivity contribution in [2.75, 3.05) is 5.75 Å². The van der Waals surface area contributed by atoms with Crippen LogP contribution >= 0.6 is 7.92 Å². The maximum Gasteiger partial charge on any atom is 0.0924 e. The third kappa shape index (κ3) is 5.65. The monoisotopic (exact) mass is 574 g/mol. The van der Waals surface area contributed by atoms with Gasteiger partial charge in [0.05, 0.1) is 22.5 Å². The lowest BCUT2D eigenvalue weighted by molar-refractivity contribution is 0.657. The second kappa shape index (κ2) is 12.5. The van der Waals surface area contributed by atoms with Crippen LogP contribution in [0.15, 0.2) is 127 Å². The summed E-state index contributed by atoms with van der Waals surface area (Å²) in [5.74, 6) is 0.632. The molecule has 0 spiro atoms. The first-order valence-electron chi connectivity index (χ1n) is 14.3. The van der Waals surface area contributed by atoms with Gasteiger partial charge in [0.1, 0.15) is 0 Å². The van der Waals surface area contributed by atoms with E-state index >= 15 is 0 Å². The Kier molecular flexibility index (Phi) is 8.43. The Balaban J connectivity index is 1.64. The van der Waals surface area contributed by atoms with Crippen molar-refractivity contribution >= 4 is 56.6 Å². The Bertz CT molecular complexity index is 1760. The number of hydrogen-bond acceptors (Lipinski definition) is 1. The number of fused-ring (bicyclic) bond motifs is 2. The number of aromatic nitrogens is 1. The van der Waals surface area contributed by atoms with Crippen molar-refractivity contribution in [1.82, 2.24) is 9.29 Å². The molecule has 6 rings (SSSR count). The highest BCUT2D eigenvalue weighted by molar-refractivity contribution is 7.83. The Morgan fingerprint density at radius 3 is 2.05 bits per heavy atom. The highest BCUT2D eigenvalue weighted by Crippen LogP contribution is 2.41. The van der Waals surface area contributed by atoms with Crippen molar-refractivity contribution in [3.05, 3.63) is 139 Å². The second-order valence-corrected chi connectivity index (χ2v) is 13.8. The summed E-state index contributed by atoms with van der Waals surface area (Å²) in [6, 6.07) is 45.2.